The van der Waals surface area contributed by atoms with Crippen molar-refractivity contribution in [2.45, 2.75) is 38.5 Å². The Morgan fingerprint density at radius 1 is 1.62 bits per heavy atom. The van der Waals surface area contributed by atoms with Crippen LogP contribution in [0, 0.1) is 0 Å². The second-order valence-electron chi connectivity index (χ2n) is 3.38. The fourth-order valence-corrected chi connectivity index (χ4v) is 2.13. The van der Waals surface area contributed by atoms with E-state index in [9.17, 15) is 0 Å². The number of ether oxygens (including phenoxy) is 1. The lowest BCUT2D eigenvalue weighted by atomic mass is 10.1. The molecule has 1 aliphatic heterocycles. The fourth-order valence-electron chi connectivity index (χ4n) is 1.64. The summed E-state index contributed by atoms with van der Waals surface area (Å²) in [6.07, 6.45) is 3.22. The molecule has 0 aromatic carbocycles. The third-order valence-corrected chi connectivity index (χ3v) is 2.87. The van der Waals surface area contributed by atoms with Crippen molar-refractivity contribution < 1.29 is 4.74 Å². The second-order valence-corrected chi connectivity index (χ2v) is 4.16. The topological polar surface area (TPSA) is 47.0 Å². The van der Waals surface area contributed by atoms with Crippen molar-refractivity contribution >= 4 is 16.7 Å². The van der Waals surface area contributed by atoms with Crippen LogP contribution in [-0.4, -0.2) is 27.6 Å². The minimum Gasteiger partial charge on any atom is -0.373 e. The zero-order valence-corrected chi connectivity index (χ0v) is 8.54. The summed E-state index contributed by atoms with van der Waals surface area (Å²) in [7, 11) is 0. The lowest BCUT2D eigenvalue weighted by Crippen LogP contribution is -2.26. The van der Waals surface area contributed by atoms with Gasteiger partial charge in [-0.15, -0.1) is 0 Å². The highest BCUT2D eigenvalue weighted by atomic mass is 32.1. The Kier molecular flexibility index (Phi) is 2.46. The van der Waals surface area contributed by atoms with Crippen LogP contribution < -0.4 is 5.32 Å². The Morgan fingerprint density at radius 2 is 2.46 bits per heavy atom. The van der Waals surface area contributed by atoms with Gasteiger partial charge in [-0.25, -0.2) is 4.98 Å². The minimum absolute atomic E-state index is 0.263. The van der Waals surface area contributed by atoms with Gasteiger partial charge in [0.15, 0.2) is 0 Å². The van der Waals surface area contributed by atoms with Gasteiger partial charge in [0.2, 0.25) is 5.13 Å². The molecule has 0 spiro atoms. The molecule has 1 fully saturated rings. The predicted molar refractivity (Wildman–Crippen MR) is 51.9 cm³/mol. The van der Waals surface area contributed by atoms with Gasteiger partial charge < -0.3 is 10.1 Å². The summed E-state index contributed by atoms with van der Waals surface area (Å²) in [5.41, 5.74) is 0. The summed E-state index contributed by atoms with van der Waals surface area (Å²) < 4.78 is 9.55. The molecule has 2 rings (SSSR count). The van der Waals surface area contributed by atoms with Crippen molar-refractivity contribution in [1.29, 1.82) is 0 Å². The molecule has 1 saturated heterocycles. The van der Waals surface area contributed by atoms with E-state index in [0.717, 1.165) is 11.6 Å². The molecule has 3 unspecified atom stereocenters. The summed E-state index contributed by atoms with van der Waals surface area (Å²) in [6, 6.07) is 0.378. The molecule has 0 amide bonds. The maximum Gasteiger partial charge on any atom is 0.202 e. The van der Waals surface area contributed by atoms with Crippen LogP contribution in [0.1, 0.15) is 20.3 Å². The first-order valence-electron chi connectivity index (χ1n) is 4.44. The van der Waals surface area contributed by atoms with Crippen molar-refractivity contribution in [1.82, 2.24) is 9.36 Å². The number of nitrogens with zero attached hydrogens (tertiary/aromatic N) is 2. The molecule has 3 atom stereocenters. The normalized spacial score (nSPS) is 33.5. The number of aromatic nitrogens is 2. The number of hydrogen-bond donors (Lipinski definition) is 1. The molecular formula is C8H13N3OS. The number of nitrogens with one attached hydrogen (secondary N) is 1. The summed E-state index contributed by atoms with van der Waals surface area (Å²) in [5.74, 6) is 0. The first-order chi connectivity index (χ1) is 6.25. The van der Waals surface area contributed by atoms with Gasteiger partial charge in [0.1, 0.15) is 6.33 Å². The highest BCUT2D eigenvalue weighted by Gasteiger charge is 2.29. The monoisotopic (exact) mass is 199 g/mol. The van der Waals surface area contributed by atoms with Crippen LogP contribution in [0.15, 0.2) is 6.33 Å². The molecule has 0 bridgehead atoms. The SMILES string of the molecule is CC1CC(Nc2ncns2)C(C)O1. The van der Waals surface area contributed by atoms with Gasteiger partial charge in [0.05, 0.1) is 18.2 Å². The van der Waals surface area contributed by atoms with E-state index in [4.69, 9.17) is 4.74 Å². The number of hydrogen-bond acceptors (Lipinski definition) is 5. The van der Waals surface area contributed by atoms with E-state index in [1.165, 1.54) is 11.5 Å². The van der Waals surface area contributed by atoms with E-state index in [2.05, 4.69) is 28.5 Å². The molecule has 0 radical (unpaired) electrons. The van der Waals surface area contributed by atoms with Crippen LogP contribution in [0.25, 0.3) is 0 Å². The first-order valence-corrected chi connectivity index (χ1v) is 5.21. The van der Waals surface area contributed by atoms with Gasteiger partial charge >= 0.3 is 0 Å². The lowest BCUT2D eigenvalue weighted by Gasteiger charge is -2.13. The quantitative estimate of drug-likeness (QED) is 0.784. The molecule has 13 heavy (non-hydrogen) atoms. The van der Waals surface area contributed by atoms with Gasteiger partial charge in [-0.2, -0.15) is 4.37 Å². The molecule has 1 aromatic rings. The summed E-state index contributed by atoms with van der Waals surface area (Å²) in [4.78, 5) is 4.08. The highest BCUT2D eigenvalue weighted by molar-refractivity contribution is 7.09. The van der Waals surface area contributed by atoms with Crippen LogP contribution in [-0.2, 0) is 4.74 Å². The van der Waals surface area contributed by atoms with Crippen molar-refractivity contribution in [3.63, 3.8) is 0 Å². The average molecular weight is 199 g/mol. The Balaban J connectivity index is 1.95. The summed E-state index contributed by atoms with van der Waals surface area (Å²) in [6.45, 7) is 4.18. The van der Waals surface area contributed by atoms with Crippen molar-refractivity contribution in [3.05, 3.63) is 6.33 Å². The van der Waals surface area contributed by atoms with Gasteiger partial charge in [-0.05, 0) is 20.3 Å². The Morgan fingerprint density at radius 3 is 3.00 bits per heavy atom. The predicted octanol–water partition coefficient (Wildman–Crippen LogP) is 1.52. The smallest absolute Gasteiger partial charge is 0.202 e. The molecule has 72 valence electrons. The van der Waals surface area contributed by atoms with E-state index in [1.807, 2.05) is 0 Å². The Hall–Kier alpha value is -0.680. The number of anilines is 1. The van der Waals surface area contributed by atoms with Gasteiger partial charge in [-0.1, -0.05) is 0 Å². The second kappa shape index (κ2) is 3.59. The van der Waals surface area contributed by atoms with Crippen molar-refractivity contribution in [3.8, 4) is 0 Å². The molecule has 5 heteroatoms. The molecule has 0 saturated carbocycles. The van der Waals surface area contributed by atoms with Gasteiger partial charge in [0, 0.05) is 11.5 Å². The molecule has 2 heterocycles. The third-order valence-electron chi connectivity index (χ3n) is 2.27. The van der Waals surface area contributed by atoms with Crippen LogP contribution in [0.2, 0.25) is 0 Å². The van der Waals surface area contributed by atoms with Crippen molar-refractivity contribution in [2.75, 3.05) is 5.32 Å². The Bertz CT molecular complexity index is 264. The largest absolute Gasteiger partial charge is 0.373 e. The average Bonchev–Trinajstić information content (AvgIpc) is 2.63. The standard InChI is InChI=1S/C8H13N3OS/c1-5-3-7(6(2)12-5)11-8-9-4-10-13-8/h4-7H,3H2,1-2H3,(H,9,10,11). The van der Waals surface area contributed by atoms with E-state index in [-0.39, 0.29) is 6.10 Å². The first kappa shape index (κ1) is 8.90. The Labute approximate surface area is 81.5 Å². The third kappa shape index (κ3) is 1.97. The molecule has 1 aromatic heterocycles. The van der Waals surface area contributed by atoms with Crippen LogP contribution in [0.3, 0.4) is 0 Å². The molecule has 4 nitrogen and oxygen atoms in total. The van der Waals surface area contributed by atoms with Gasteiger partial charge in [-0.3, -0.25) is 0 Å². The van der Waals surface area contributed by atoms with Gasteiger partial charge in [0.25, 0.3) is 0 Å². The van der Waals surface area contributed by atoms with E-state index in [1.54, 1.807) is 6.33 Å². The molecule has 1 aliphatic rings. The summed E-state index contributed by atoms with van der Waals surface area (Å²) in [5, 5.41) is 4.20. The van der Waals surface area contributed by atoms with E-state index < -0.39 is 0 Å². The zero-order chi connectivity index (χ0) is 9.26. The van der Waals surface area contributed by atoms with Crippen molar-refractivity contribution in [2.24, 2.45) is 0 Å². The zero-order valence-electron chi connectivity index (χ0n) is 7.73. The number of rotatable bonds is 2. The maximum absolute atomic E-state index is 5.62. The van der Waals surface area contributed by atoms with E-state index >= 15 is 0 Å². The summed E-state index contributed by atoms with van der Waals surface area (Å²) >= 11 is 1.39. The molecule has 1 N–H and O–H groups in total. The lowest BCUT2D eigenvalue weighted by molar-refractivity contribution is 0.0650. The van der Waals surface area contributed by atoms with Crippen LogP contribution in [0.4, 0.5) is 5.13 Å². The maximum atomic E-state index is 5.62. The minimum atomic E-state index is 0.263. The fraction of sp³-hybridized carbons (Fsp3) is 0.750. The molecular weight excluding hydrogens is 186 g/mol. The van der Waals surface area contributed by atoms with Crippen LogP contribution >= 0.6 is 11.5 Å². The van der Waals surface area contributed by atoms with E-state index in [0.29, 0.717) is 12.1 Å². The van der Waals surface area contributed by atoms with Crippen LogP contribution in [0.5, 0.6) is 0 Å². The highest BCUT2D eigenvalue weighted by Crippen LogP contribution is 2.23. The molecule has 0 aliphatic carbocycles.